The third kappa shape index (κ3) is 3.47. The molecular formula is C18H17FN2O3S. The first-order chi connectivity index (χ1) is 11.8. The number of nitrogens with one attached hydrogen (secondary N) is 2. The highest BCUT2D eigenvalue weighted by Crippen LogP contribution is 2.17. The van der Waals surface area contributed by atoms with Gasteiger partial charge in [-0.2, -0.15) is 0 Å². The van der Waals surface area contributed by atoms with Gasteiger partial charge in [-0.05, 0) is 54.6 Å². The van der Waals surface area contributed by atoms with Crippen molar-refractivity contribution < 1.29 is 12.8 Å². The molecule has 0 amide bonds. The number of fused-ring (bicyclic) bond motifs is 1. The van der Waals surface area contributed by atoms with Crippen molar-refractivity contribution in [3.05, 3.63) is 75.3 Å². The summed E-state index contributed by atoms with van der Waals surface area (Å²) in [7, 11) is -3.85. The van der Waals surface area contributed by atoms with Crippen molar-refractivity contribution in [1.82, 2.24) is 9.71 Å². The summed E-state index contributed by atoms with van der Waals surface area (Å²) in [5.41, 5.74) is 1.93. The molecule has 3 rings (SSSR count). The molecular weight excluding hydrogens is 343 g/mol. The van der Waals surface area contributed by atoms with Crippen LogP contribution in [0.3, 0.4) is 0 Å². The Hall–Kier alpha value is -2.51. The fraction of sp³-hybridized carbons (Fsp3) is 0.167. The zero-order valence-corrected chi connectivity index (χ0v) is 14.6. The third-order valence-corrected chi connectivity index (χ3v) is 5.61. The van der Waals surface area contributed by atoms with Crippen LogP contribution in [0.25, 0.3) is 10.9 Å². The van der Waals surface area contributed by atoms with Crippen LogP contribution in [0, 0.1) is 19.7 Å². The van der Waals surface area contributed by atoms with Crippen molar-refractivity contribution in [1.29, 1.82) is 0 Å². The van der Waals surface area contributed by atoms with Crippen LogP contribution in [0.15, 0.2) is 52.2 Å². The molecule has 0 fully saturated rings. The van der Waals surface area contributed by atoms with Crippen LogP contribution in [0.5, 0.6) is 0 Å². The van der Waals surface area contributed by atoms with E-state index in [1.807, 2.05) is 25.1 Å². The standard InChI is InChI=1S/C18H17FN2O3S/c1-11-4-3-5-13-9-14(18(22)21-17(11)13)10-20-25(23,24)16-7-6-15(19)8-12(16)2/h3-9,20H,10H2,1-2H3,(H,21,22). The van der Waals surface area contributed by atoms with E-state index in [0.29, 0.717) is 11.1 Å². The van der Waals surface area contributed by atoms with E-state index in [4.69, 9.17) is 0 Å². The molecule has 0 aliphatic heterocycles. The number of hydrogen-bond donors (Lipinski definition) is 2. The Morgan fingerprint density at radius 2 is 1.84 bits per heavy atom. The van der Waals surface area contributed by atoms with Crippen molar-refractivity contribution in [2.24, 2.45) is 0 Å². The summed E-state index contributed by atoms with van der Waals surface area (Å²) in [6.07, 6.45) is 0. The summed E-state index contributed by atoms with van der Waals surface area (Å²) < 4.78 is 40.4. The van der Waals surface area contributed by atoms with Gasteiger partial charge in [0, 0.05) is 12.1 Å². The van der Waals surface area contributed by atoms with Crippen LogP contribution in [0.1, 0.15) is 16.7 Å². The molecule has 25 heavy (non-hydrogen) atoms. The van der Waals surface area contributed by atoms with Gasteiger partial charge in [-0.1, -0.05) is 18.2 Å². The molecule has 0 spiro atoms. The van der Waals surface area contributed by atoms with Gasteiger partial charge in [-0.3, -0.25) is 4.79 Å². The minimum absolute atomic E-state index is 0.0121. The van der Waals surface area contributed by atoms with Crippen molar-refractivity contribution in [3.63, 3.8) is 0 Å². The fourth-order valence-electron chi connectivity index (χ4n) is 2.72. The van der Waals surface area contributed by atoms with E-state index in [1.165, 1.54) is 13.0 Å². The molecule has 0 aliphatic rings. The molecule has 0 aliphatic carbocycles. The number of halogens is 1. The maximum Gasteiger partial charge on any atom is 0.252 e. The highest BCUT2D eigenvalue weighted by Gasteiger charge is 2.17. The molecule has 0 saturated carbocycles. The molecule has 3 aromatic rings. The number of benzene rings is 2. The normalized spacial score (nSPS) is 11.8. The summed E-state index contributed by atoms with van der Waals surface area (Å²) in [5.74, 6) is -0.502. The Labute approximate surface area is 144 Å². The fourth-order valence-corrected chi connectivity index (χ4v) is 3.96. The number of para-hydroxylation sites is 1. The molecule has 130 valence electrons. The summed E-state index contributed by atoms with van der Waals surface area (Å²) in [6, 6.07) is 10.7. The van der Waals surface area contributed by atoms with E-state index in [2.05, 4.69) is 9.71 Å². The predicted molar refractivity (Wildman–Crippen MR) is 94.5 cm³/mol. The van der Waals surface area contributed by atoms with Crippen LogP contribution in [-0.4, -0.2) is 13.4 Å². The van der Waals surface area contributed by atoms with Gasteiger partial charge in [-0.15, -0.1) is 0 Å². The first kappa shape index (κ1) is 17.3. The van der Waals surface area contributed by atoms with Crippen molar-refractivity contribution >= 4 is 20.9 Å². The van der Waals surface area contributed by atoms with Crippen LogP contribution in [0.2, 0.25) is 0 Å². The molecule has 2 aromatic carbocycles. The molecule has 0 radical (unpaired) electrons. The molecule has 7 heteroatoms. The summed E-state index contributed by atoms with van der Waals surface area (Å²) in [5, 5.41) is 0.826. The average molecular weight is 360 g/mol. The molecule has 0 atom stereocenters. The maximum atomic E-state index is 13.2. The van der Waals surface area contributed by atoms with Gasteiger partial charge in [0.1, 0.15) is 5.82 Å². The third-order valence-electron chi connectivity index (χ3n) is 4.04. The van der Waals surface area contributed by atoms with Gasteiger partial charge in [0.15, 0.2) is 0 Å². The highest BCUT2D eigenvalue weighted by molar-refractivity contribution is 7.89. The Kier molecular flexibility index (Phi) is 4.45. The second-order valence-corrected chi connectivity index (χ2v) is 7.63. The van der Waals surface area contributed by atoms with Crippen LogP contribution in [0.4, 0.5) is 4.39 Å². The predicted octanol–water partition coefficient (Wildman–Crippen LogP) is 2.76. The minimum atomic E-state index is -3.85. The lowest BCUT2D eigenvalue weighted by Gasteiger charge is -2.10. The van der Waals surface area contributed by atoms with Gasteiger partial charge in [0.25, 0.3) is 5.56 Å². The van der Waals surface area contributed by atoms with Crippen LogP contribution < -0.4 is 10.3 Å². The summed E-state index contributed by atoms with van der Waals surface area (Å²) in [6.45, 7) is 3.25. The SMILES string of the molecule is Cc1cc(F)ccc1S(=O)(=O)NCc1cc2cccc(C)c2[nH]c1=O. The minimum Gasteiger partial charge on any atom is -0.321 e. The first-order valence-corrected chi connectivity index (χ1v) is 9.13. The lowest BCUT2D eigenvalue weighted by atomic mass is 10.1. The van der Waals surface area contributed by atoms with E-state index in [1.54, 1.807) is 6.07 Å². The van der Waals surface area contributed by atoms with Gasteiger partial charge >= 0.3 is 0 Å². The topological polar surface area (TPSA) is 79.0 Å². The number of aromatic amines is 1. The summed E-state index contributed by atoms with van der Waals surface area (Å²) >= 11 is 0. The molecule has 0 saturated heterocycles. The molecule has 2 N–H and O–H groups in total. The second kappa shape index (κ2) is 6.42. The molecule has 5 nitrogen and oxygen atoms in total. The maximum absolute atomic E-state index is 13.2. The van der Waals surface area contributed by atoms with E-state index in [0.717, 1.165) is 28.6 Å². The number of sulfonamides is 1. The lowest BCUT2D eigenvalue weighted by Crippen LogP contribution is -2.27. The summed E-state index contributed by atoms with van der Waals surface area (Å²) in [4.78, 5) is 15.0. The Morgan fingerprint density at radius 1 is 1.08 bits per heavy atom. The Morgan fingerprint density at radius 3 is 2.56 bits per heavy atom. The number of pyridine rings is 1. The number of rotatable bonds is 4. The van der Waals surface area contributed by atoms with Gasteiger partial charge in [0.2, 0.25) is 10.0 Å². The zero-order chi connectivity index (χ0) is 18.2. The van der Waals surface area contributed by atoms with Gasteiger partial charge in [-0.25, -0.2) is 17.5 Å². The average Bonchev–Trinajstić information content (AvgIpc) is 2.53. The van der Waals surface area contributed by atoms with Gasteiger partial charge in [0.05, 0.1) is 10.4 Å². The second-order valence-electron chi connectivity index (χ2n) is 5.90. The Bertz CT molecular complexity index is 1120. The van der Waals surface area contributed by atoms with Crippen LogP contribution in [-0.2, 0) is 16.6 Å². The number of H-pyrrole nitrogens is 1. The molecule has 1 heterocycles. The first-order valence-electron chi connectivity index (χ1n) is 7.65. The highest BCUT2D eigenvalue weighted by atomic mass is 32.2. The smallest absolute Gasteiger partial charge is 0.252 e. The number of hydrogen-bond acceptors (Lipinski definition) is 3. The number of aryl methyl sites for hydroxylation is 2. The lowest BCUT2D eigenvalue weighted by molar-refractivity contribution is 0.579. The van der Waals surface area contributed by atoms with Crippen molar-refractivity contribution in [3.8, 4) is 0 Å². The Balaban J connectivity index is 1.92. The van der Waals surface area contributed by atoms with Crippen molar-refractivity contribution in [2.75, 3.05) is 0 Å². The van der Waals surface area contributed by atoms with E-state index in [-0.39, 0.29) is 17.0 Å². The molecule has 0 bridgehead atoms. The number of aromatic nitrogens is 1. The van der Waals surface area contributed by atoms with E-state index < -0.39 is 15.8 Å². The van der Waals surface area contributed by atoms with Crippen molar-refractivity contribution in [2.45, 2.75) is 25.3 Å². The quantitative estimate of drug-likeness (QED) is 0.751. The van der Waals surface area contributed by atoms with E-state index in [9.17, 15) is 17.6 Å². The van der Waals surface area contributed by atoms with E-state index >= 15 is 0 Å². The molecule has 0 unspecified atom stereocenters. The van der Waals surface area contributed by atoms with Crippen LogP contribution >= 0.6 is 0 Å². The van der Waals surface area contributed by atoms with Gasteiger partial charge < -0.3 is 4.98 Å². The zero-order valence-electron chi connectivity index (χ0n) is 13.8. The monoisotopic (exact) mass is 360 g/mol. The molecule has 1 aromatic heterocycles. The largest absolute Gasteiger partial charge is 0.321 e.